The molecule has 0 fully saturated rings. The van der Waals surface area contributed by atoms with E-state index in [1.807, 2.05) is 11.8 Å². The summed E-state index contributed by atoms with van der Waals surface area (Å²) in [4.78, 5) is 4.17. The van der Waals surface area contributed by atoms with Crippen LogP contribution in [-0.2, 0) is 0 Å². The average Bonchev–Trinajstić information content (AvgIpc) is 2.25. The number of nitriles is 1. The van der Waals surface area contributed by atoms with Gasteiger partial charge in [0.25, 0.3) is 0 Å². The molecule has 0 aliphatic carbocycles. The normalized spacial score (nSPS) is 9.71. The van der Waals surface area contributed by atoms with Gasteiger partial charge in [0.1, 0.15) is 11.1 Å². The molecule has 4 heteroatoms. The third-order valence-corrected chi connectivity index (χ3v) is 3.95. The summed E-state index contributed by atoms with van der Waals surface area (Å²) in [7, 11) is 0. The van der Waals surface area contributed by atoms with Crippen molar-refractivity contribution < 1.29 is 0 Å². The highest BCUT2D eigenvalue weighted by Gasteiger charge is 2.01. The monoisotopic (exact) mass is 224 g/mol. The van der Waals surface area contributed by atoms with Crippen molar-refractivity contribution in [3.8, 4) is 6.07 Å². The second kappa shape index (κ2) is 6.74. The highest BCUT2D eigenvalue weighted by molar-refractivity contribution is 8.15. The summed E-state index contributed by atoms with van der Waals surface area (Å²) >= 11 is 3.52. The molecule has 0 aromatic carbocycles. The van der Waals surface area contributed by atoms with Gasteiger partial charge in [0.2, 0.25) is 0 Å². The van der Waals surface area contributed by atoms with E-state index in [9.17, 15) is 0 Å². The molecular formula is C10H12N2S2. The van der Waals surface area contributed by atoms with Crippen molar-refractivity contribution >= 4 is 23.5 Å². The van der Waals surface area contributed by atoms with E-state index in [2.05, 4.69) is 18.0 Å². The molecule has 1 aromatic heterocycles. The summed E-state index contributed by atoms with van der Waals surface area (Å²) in [6.07, 6.45) is 2.92. The quantitative estimate of drug-likeness (QED) is 0.437. The lowest BCUT2D eigenvalue weighted by Crippen LogP contribution is -1.86. The predicted molar refractivity (Wildman–Crippen MR) is 62.4 cm³/mol. The zero-order valence-corrected chi connectivity index (χ0v) is 9.70. The Hall–Kier alpha value is -0.660. The van der Waals surface area contributed by atoms with Crippen LogP contribution in [-0.4, -0.2) is 15.8 Å². The van der Waals surface area contributed by atoms with E-state index in [0.717, 1.165) is 10.1 Å². The number of hydrogen-bond acceptors (Lipinski definition) is 4. The molecule has 0 aliphatic rings. The third kappa shape index (κ3) is 3.60. The molecule has 0 saturated heterocycles. The molecule has 74 valence electrons. The fraction of sp³-hybridized carbons (Fsp3) is 0.400. The first-order chi connectivity index (χ1) is 6.88. The van der Waals surface area contributed by atoms with E-state index in [0.29, 0.717) is 5.56 Å². The Balaban J connectivity index is 2.46. The molecule has 0 amide bonds. The molecule has 0 bridgehead atoms. The van der Waals surface area contributed by atoms with Gasteiger partial charge >= 0.3 is 0 Å². The standard InChI is InChI=1S/C10H12N2S2/c1-2-6-13-8-14-10-9(7-11)4-3-5-12-10/h3-5H,2,6,8H2,1H3. The van der Waals surface area contributed by atoms with Crippen molar-refractivity contribution in [1.82, 2.24) is 4.98 Å². The largest absolute Gasteiger partial charge is 0.249 e. The third-order valence-electron chi connectivity index (χ3n) is 1.52. The second-order valence-corrected chi connectivity index (χ2v) is 5.07. The highest BCUT2D eigenvalue weighted by atomic mass is 32.2. The van der Waals surface area contributed by atoms with Crippen LogP contribution in [0.2, 0.25) is 0 Å². The molecule has 1 aromatic rings. The van der Waals surface area contributed by atoms with Gasteiger partial charge in [-0.2, -0.15) is 17.0 Å². The van der Waals surface area contributed by atoms with Crippen molar-refractivity contribution in [2.24, 2.45) is 0 Å². The van der Waals surface area contributed by atoms with Gasteiger partial charge < -0.3 is 0 Å². The van der Waals surface area contributed by atoms with Crippen LogP contribution in [0.3, 0.4) is 0 Å². The summed E-state index contributed by atoms with van der Waals surface area (Å²) in [5.74, 6) is 1.17. The van der Waals surface area contributed by atoms with Crippen LogP contribution in [0, 0.1) is 11.3 Å². The topological polar surface area (TPSA) is 36.7 Å². The smallest absolute Gasteiger partial charge is 0.115 e. The van der Waals surface area contributed by atoms with Gasteiger partial charge in [0, 0.05) is 11.3 Å². The Bertz CT molecular complexity index is 320. The van der Waals surface area contributed by atoms with E-state index in [1.54, 1.807) is 30.1 Å². The fourth-order valence-corrected chi connectivity index (χ4v) is 2.84. The van der Waals surface area contributed by atoms with Crippen LogP contribution in [0.25, 0.3) is 0 Å². The lowest BCUT2D eigenvalue weighted by molar-refractivity contribution is 1.11. The predicted octanol–water partition coefficient (Wildman–Crippen LogP) is 3.15. The second-order valence-electron chi connectivity index (χ2n) is 2.64. The Morgan fingerprint density at radius 2 is 2.43 bits per heavy atom. The maximum Gasteiger partial charge on any atom is 0.115 e. The van der Waals surface area contributed by atoms with Crippen LogP contribution in [0.15, 0.2) is 23.4 Å². The number of nitrogens with zero attached hydrogens (tertiary/aromatic N) is 2. The minimum absolute atomic E-state index is 0.676. The van der Waals surface area contributed by atoms with Crippen molar-refractivity contribution in [2.75, 3.05) is 10.8 Å². The van der Waals surface area contributed by atoms with Crippen molar-refractivity contribution in [3.05, 3.63) is 23.9 Å². The van der Waals surface area contributed by atoms with Gasteiger partial charge in [0.05, 0.1) is 5.56 Å². The lowest BCUT2D eigenvalue weighted by Gasteiger charge is -2.01. The van der Waals surface area contributed by atoms with E-state index in [4.69, 9.17) is 5.26 Å². The van der Waals surface area contributed by atoms with E-state index < -0.39 is 0 Å². The van der Waals surface area contributed by atoms with E-state index >= 15 is 0 Å². The minimum atomic E-state index is 0.676. The summed E-state index contributed by atoms with van der Waals surface area (Å²) in [6, 6.07) is 5.74. The zero-order chi connectivity index (χ0) is 10.2. The fourth-order valence-electron chi connectivity index (χ4n) is 0.892. The molecule has 0 spiro atoms. The van der Waals surface area contributed by atoms with Gasteiger partial charge in [-0.1, -0.05) is 18.7 Å². The summed E-state index contributed by atoms with van der Waals surface area (Å²) in [5, 5.41) is 10.6. The summed E-state index contributed by atoms with van der Waals surface area (Å²) in [5.41, 5.74) is 0.676. The van der Waals surface area contributed by atoms with Gasteiger partial charge in [-0.25, -0.2) is 4.98 Å². The van der Waals surface area contributed by atoms with Crippen molar-refractivity contribution in [2.45, 2.75) is 18.4 Å². The molecule has 1 heterocycles. The van der Waals surface area contributed by atoms with Gasteiger partial charge in [0.15, 0.2) is 0 Å². The Labute approximate surface area is 93.1 Å². The van der Waals surface area contributed by atoms with Gasteiger partial charge in [-0.05, 0) is 24.3 Å². The average molecular weight is 224 g/mol. The van der Waals surface area contributed by atoms with Crippen LogP contribution in [0.4, 0.5) is 0 Å². The summed E-state index contributed by atoms with van der Waals surface area (Å²) < 4.78 is 0. The molecule has 14 heavy (non-hydrogen) atoms. The Morgan fingerprint density at radius 1 is 1.57 bits per heavy atom. The molecule has 0 aliphatic heterocycles. The summed E-state index contributed by atoms with van der Waals surface area (Å²) in [6.45, 7) is 2.17. The lowest BCUT2D eigenvalue weighted by atomic mass is 10.3. The first kappa shape index (κ1) is 11.4. The molecule has 0 radical (unpaired) electrons. The number of pyridine rings is 1. The maximum absolute atomic E-state index is 8.81. The van der Waals surface area contributed by atoms with Gasteiger partial charge in [-0.3, -0.25) is 0 Å². The van der Waals surface area contributed by atoms with Crippen LogP contribution in [0.1, 0.15) is 18.9 Å². The first-order valence-corrected chi connectivity index (χ1v) is 6.58. The molecule has 2 nitrogen and oxygen atoms in total. The van der Waals surface area contributed by atoms with E-state index in [-0.39, 0.29) is 0 Å². The van der Waals surface area contributed by atoms with Crippen LogP contribution >= 0.6 is 23.5 Å². The highest BCUT2D eigenvalue weighted by Crippen LogP contribution is 2.23. The number of rotatable bonds is 5. The molecule has 0 N–H and O–H groups in total. The molecule has 0 atom stereocenters. The number of thioether (sulfide) groups is 2. The van der Waals surface area contributed by atoms with Crippen LogP contribution in [0.5, 0.6) is 0 Å². The van der Waals surface area contributed by atoms with Crippen LogP contribution < -0.4 is 0 Å². The van der Waals surface area contributed by atoms with Crippen molar-refractivity contribution in [3.63, 3.8) is 0 Å². The Morgan fingerprint density at radius 3 is 3.14 bits per heavy atom. The number of hydrogen-bond donors (Lipinski definition) is 0. The molecule has 1 rings (SSSR count). The maximum atomic E-state index is 8.81. The molecule has 0 unspecified atom stereocenters. The van der Waals surface area contributed by atoms with Crippen molar-refractivity contribution in [1.29, 1.82) is 5.26 Å². The zero-order valence-electron chi connectivity index (χ0n) is 8.06. The van der Waals surface area contributed by atoms with Gasteiger partial charge in [-0.15, -0.1) is 0 Å². The minimum Gasteiger partial charge on any atom is -0.249 e. The van der Waals surface area contributed by atoms with E-state index in [1.165, 1.54) is 12.2 Å². The molecule has 0 saturated carbocycles. The first-order valence-electron chi connectivity index (χ1n) is 4.44. The molecular weight excluding hydrogens is 212 g/mol. The number of aromatic nitrogens is 1. The SMILES string of the molecule is CCCSCSc1ncccc1C#N. The Kier molecular flexibility index (Phi) is 5.50.